The van der Waals surface area contributed by atoms with Crippen LogP contribution in [0.4, 0.5) is 8.78 Å². The number of hydrogen-bond acceptors (Lipinski definition) is 2. The maximum absolute atomic E-state index is 13.1. The third-order valence-corrected chi connectivity index (χ3v) is 2.41. The third kappa shape index (κ3) is 3.77. The van der Waals surface area contributed by atoms with E-state index in [1.165, 1.54) is 18.2 Å². The molecule has 1 unspecified atom stereocenters. The summed E-state index contributed by atoms with van der Waals surface area (Å²) in [5.41, 5.74) is 5.71. The largest absolute Gasteiger partial charge is 0.488 e. The lowest BCUT2D eigenvalue weighted by atomic mass is 10.1. The van der Waals surface area contributed by atoms with Gasteiger partial charge in [0, 0.05) is 6.04 Å². The van der Waals surface area contributed by atoms with Crippen LogP contribution in [-0.2, 0) is 0 Å². The number of para-hydroxylation sites is 1. The molecule has 1 rings (SSSR count). The van der Waals surface area contributed by atoms with Crippen molar-refractivity contribution < 1.29 is 13.5 Å². The molecule has 90 valence electrons. The monoisotopic (exact) mass is 229 g/mol. The Labute approximate surface area is 94.4 Å². The van der Waals surface area contributed by atoms with E-state index in [1.54, 1.807) is 0 Å². The fourth-order valence-corrected chi connectivity index (χ4v) is 1.34. The number of ether oxygens (including phenoxy) is 1. The van der Waals surface area contributed by atoms with Gasteiger partial charge in [0.2, 0.25) is 0 Å². The van der Waals surface area contributed by atoms with E-state index in [0.29, 0.717) is 6.42 Å². The van der Waals surface area contributed by atoms with Crippen LogP contribution in [0.15, 0.2) is 18.2 Å². The maximum atomic E-state index is 13.1. The highest BCUT2D eigenvalue weighted by atomic mass is 19.1. The summed E-state index contributed by atoms with van der Waals surface area (Å²) in [6.07, 6.45) is 2.39. The highest BCUT2D eigenvalue weighted by Crippen LogP contribution is 2.20. The first-order chi connectivity index (χ1) is 7.65. The lowest BCUT2D eigenvalue weighted by Crippen LogP contribution is -2.19. The molecule has 2 nitrogen and oxygen atoms in total. The van der Waals surface area contributed by atoms with Crippen LogP contribution in [0, 0.1) is 11.6 Å². The summed E-state index contributed by atoms with van der Waals surface area (Å²) in [7, 11) is 0. The number of rotatable bonds is 6. The van der Waals surface area contributed by atoms with Gasteiger partial charge in [-0.05, 0) is 31.4 Å². The molecule has 1 aromatic rings. The minimum atomic E-state index is -0.667. The molecule has 1 atom stereocenters. The molecule has 0 saturated heterocycles. The van der Waals surface area contributed by atoms with Gasteiger partial charge in [0.05, 0.1) is 6.61 Å². The third-order valence-electron chi connectivity index (χ3n) is 2.41. The van der Waals surface area contributed by atoms with Crippen LogP contribution >= 0.6 is 0 Å². The average Bonchev–Trinajstić information content (AvgIpc) is 2.27. The molecule has 0 fully saturated rings. The fourth-order valence-electron chi connectivity index (χ4n) is 1.34. The molecule has 0 aliphatic rings. The van der Waals surface area contributed by atoms with Gasteiger partial charge in [0.1, 0.15) is 0 Å². The van der Waals surface area contributed by atoms with Gasteiger partial charge in [0.15, 0.2) is 17.4 Å². The molecule has 0 aliphatic heterocycles. The van der Waals surface area contributed by atoms with Crippen molar-refractivity contribution in [2.24, 2.45) is 5.73 Å². The van der Waals surface area contributed by atoms with E-state index in [0.717, 1.165) is 12.8 Å². The Morgan fingerprint density at radius 3 is 2.50 bits per heavy atom. The van der Waals surface area contributed by atoms with Crippen molar-refractivity contribution in [3.05, 3.63) is 29.8 Å². The summed E-state index contributed by atoms with van der Waals surface area (Å²) >= 11 is 0. The Hall–Kier alpha value is -1.16. The summed E-state index contributed by atoms with van der Waals surface area (Å²) in [5.74, 6) is -1.63. The van der Waals surface area contributed by atoms with Crippen LogP contribution in [-0.4, -0.2) is 12.6 Å². The molecule has 0 heterocycles. The minimum Gasteiger partial charge on any atom is -0.488 e. The zero-order valence-corrected chi connectivity index (χ0v) is 9.38. The highest BCUT2D eigenvalue weighted by Gasteiger charge is 2.09. The first-order valence-corrected chi connectivity index (χ1v) is 5.47. The summed E-state index contributed by atoms with van der Waals surface area (Å²) in [4.78, 5) is 0. The van der Waals surface area contributed by atoms with Gasteiger partial charge in [0.25, 0.3) is 0 Å². The van der Waals surface area contributed by atoms with Crippen molar-refractivity contribution in [1.82, 2.24) is 0 Å². The molecular weight excluding hydrogens is 212 g/mol. The molecule has 0 aliphatic carbocycles. The SMILES string of the molecule is CCC(N)CCCOc1c(F)cccc1F. The number of hydrogen-bond donors (Lipinski definition) is 1. The second-order valence-electron chi connectivity index (χ2n) is 3.71. The van der Waals surface area contributed by atoms with Crippen molar-refractivity contribution in [3.63, 3.8) is 0 Å². The average molecular weight is 229 g/mol. The van der Waals surface area contributed by atoms with Gasteiger partial charge in [-0.2, -0.15) is 0 Å². The smallest absolute Gasteiger partial charge is 0.190 e. The molecule has 0 spiro atoms. The Balaban J connectivity index is 2.37. The van der Waals surface area contributed by atoms with Crippen LogP contribution < -0.4 is 10.5 Å². The maximum Gasteiger partial charge on any atom is 0.190 e. The topological polar surface area (TPSA) is 35.2 Å². The lowest BCUT2D eigenvalue weighted by molar-refractivity contribution is 0.272. The quantitative estimate of drug-likeness (QED) is 0.761. The van der Waals surface area contributed by atoms with Gasteiger partial charge in [-0.25, -0.2) is 8.78 Å². The highest BCUT2D eigenvalue weighted by molar-refractivity contribution is 5.25. The summed E-state index contributed by atoms with van der Waals surface area (Å²) in [5, 5.41) is 0. The molecule has 0 aromatic heterocycles. The normalized spacial score (nSPS) is 12.5. The van der Waals surface area contributed by atoms with Crippen LogP contribution in [0.2, 0.25) is 0 Å². The van der Waals surface area contributed by atoms with Crippen LogP contribution in [0.25, 0.3) is 0 Å². The predicted molar refractivity (Wildman–Crippen MR) is 59.4 cm³/mol. The molecule has 0 radical (unpaired) electrons. The zero-order chi connectivity index (χ0) is 12.0. The van der Waals surface area contributed by atoms with Gasteiger partial charge in [-0.1, -0.05) is 13.0 Å². The first-order valence-electron chi connectivity index (χ1n) is 5.47. The summed E-state index contributed by atoms with van der Waals surface area (Å²) in [6, 6.07) is 3.80. The Bertz CT molecular complexity index is 311. The van der Waals surface area contributed by atoms with E-state index in [1.807, 2.05) is 6.92 Å². The second kappa shape index (κ2) is 6.43. The molecule has 0 saturated carbocycles. The Kier molecular flexibility index (Phi) is 5.19. The van der Waals surface area contributed by atoms with Crippen LogP contribution in [0.5, 0.6) is 5.75 Å². The predicted octanol–water partition coefficient (Wildman–Crippen LogP) is 2.86. The molecule has 4 heteroatoms. The standard InChI is InChI=1S/C12H17F2NO/c1-2-9(15)5-4-8-16-12-10(13)6-3-7-11(12)14/h3,6-7,9H,2,4-5,8,15H2,1H3. The van der Waals surface area contributed by atoms with E-state index < -0.39 is 11.6 Å². The van der Waals surface area contributed by atoms with Crippen LogP contribution in [0.1, 0.15) is 26.2 Å². The van der Waals surface area contributed by atoms with E-state index in [2.05, 4.69) is 0 Å². The molecule has 2 N–H and O–H groups in total. The molecule has 16 heavy (non-hydrogen) atoms. The van der Waals surface area contributed by atoms with E-state index >= 15 is 0 Å². The van der Waals surface area contributed by atoms with Crippen molar-refractivity contribution >= 4 is 0 Å². The van der Waals surface area contributed by atoms with Gasteiger partial charge < -0.3 is 10.5 Å². The number of halogens is 2. The molecular formula is C12H17F2NO. The van der Waals surface area contributed by atoms with Gasteiger partial charge in [-0.3, -0.25) is 0 Å². The molecule has 0 amide bonds. The van der Waals surface area contributed by atoms with E-state index in [9.17, 15) is 8.78 Å². The zero-order valence-electron chi connectivity index (χ0n) is 9.38. The fraction of sp³-hybridized carbons (Fsp3) is 0.500. The summed E-state index contributed by atoms with van der Waals surface area (Å²) in [6.45, 7) is 2.29. The molecule has 0 bridgehead atoms. The van der Waals surface area contributed by atoms with Gasteiger partial charge in [-0.15, -0.1) is 0 Å². The Morgan fingerprint density at radius 1 is 1.31 bits per heavy atom. The minimum absolute atomic E-state index is 0.133. The van der Waals surface area contributed by atoms with E-state index in [4.69, 9.17) is 10.5 Å². The van der Waals surface area contributed by atoms with Crippen LogP contribution in [0.3, 0.4) is 0 Å². The molecule has 1 aromatic carbocycles. The van der Waals surface area contributed by atoms with Crippen molar-refractivity contribution in [3.8, 4) is 5.75 Å². The van der Waals surface area contributed by atoms with E-state index in [-0.39, 0.29) is 18.4 Å². The van der Waals surface area contributed by atoms with Crippen molar-refractivity contribution in [1.29, 1.82) is 0 Å². The number of nitrogens with two attached hydrogens (primary N) is 1. The number of benzene rings is 1. The summed E-state index contributed by atoms with van der Waals surface area (Å²) < 4.78 is 31.3. The van der Waals surface area contributed by atoms with Gasteiger partial charge >= 0.3 is 0 Å². The van der Waals surface area contributed by atoms with Crippen molar-refractivity contribution in [2.45, 2.75) is 32.2 Å². The first kappa shape index (κ1) is 12.9. The Morgan fingerprint density at radius 2 is 1.94 bits per heavy atom. The van der Waals surface area contributed by atoms with Crippen molar-refractivity contribution in [2.75, 3.05) is 6.61 Å². The lowest BCUT2D eigenvalue weighted by Gasteiger charge is -2.10. The second-order valence-corrected chi connectivity index (χ2v) is 3.71.